The van der Waals surface area contributed by atoms with Gasteiger partial charge in [0.1, 0.15) is 0 Å². The van der Waals surface area contributed by atoms with Crippen LogP contribution in [0.1, 0.15) is 27.2 Å². The van der Waals surface area contributed by atoms with E-state index in [-0.39, 0.29) is 5.54 Å². The van der Waals surface area contributed by atoms with E-state index in [9.17, 15) is 0 Å². The lowest BCUT2D eigenvalue weighted by Crippen LogP contribution is -2.36. The van der Waals surface area contributed by atoms with Gasteiger partial charge in [0.25, 0.3) is 0 Å². The predicted octanol–water partition coefficient (Wildman–Crippen LogP) is 2.88. The number of benzene rings is 1. The van der Waals surface area contributed by atoms with Crippen molar-refractivity contribution < 1.29 is 0 Å². The molecule has 84 valence electrons. The Bertz CT molecular complexity index is 262. The fourth-order valence-electron chi connectivity index (χ4n) is 1.34. The molecule has 0 saturated heterocycles. The monoisotopic (exact) mass is 206 g/mol. The molecule has 0 unspecified atom stereocenters. The van der Waals surface area contributed by atoms with Crippen LogP contribution in [0.2, 0.25) is 0 Å². The van der Waals surface area contributed by atoms with Crippen LogP contribution in [0.15, 0.2) is 30.3 Å². The normalized spacial score (nSPS) is 11.4. The maximum atomic E-state index is 3.47. The van der Waals surface area contributed by atoms with Gasteiger partial charge < -0.3 is 10.6 Å². The molecule has 1 aromatic rings. The topological polar surface area (TPSA) is 24.1 Å². The zero-order valence-corrected chi connectivity index (χ0v) is 10.0. The SMILES string of the molecule is CC(C)(C)NCCCNc1ccccc1. The van der Waals surface area contributed by atoms with E-state index in [0.29, 0.717) is 0 Å². The highest BCUT2D eigenvalue weighted by molar-refractivity contribution is 5.42. The minimum Gasteiger partial charge on any atom is -0.385 e. The highest BCUT2D eigenvalue weighted by atomic mass is 14.9. The largest absolute Gasteiger partial charge is 0.385 e. The van der Waals surface area contributed by atoms with Crippen molar-refractivity contribution in [3.63, 3.8) is 0 Å². The third-order valence-electron chi connectivity index (χ3n) is 2.11. The molecule has 0 fully saturated rings. The Kier molecular flexibility index (Phi) is 4.63. The first-order chi connectivity index (χ1) is 7.08. The Balaban J connectivity index is 2.08. The molecular weight excluding hydrogens is 184 g/mol. The van der Waals surface area contributed by atoms with Gasteiger partial charge in [0.05, 0.1) is 0 Å². The molecule has 0 atom stereocenters. The van der Waals surface area contributed by atoms with Gasteiger partial charge in [-0.05, 0) is 45.9 Å². The zero-order valence-electron chi connectivity index (χ0n) is 10.0. The second kappa shape index (κ2) is 5.76. The Labute approximate surface area is 93.1 Å². The van der Waals surface area contributed by atoms with Crippen LogP contribution >= 0.6 is 0 Å². The van der Waals surface area contributed by atoms with E-state index < -0.39 is 0 Å². The fraction of sp³-hybridized carbons (Fsp3) is 0.538. The molecule has 2 nitrogen and oxygen atoms in total. The van der Waals surface area contributed by atoms with Crippen molar-refractivity contribution in [1.82, 2.24) is 5.32 Å². The van der Waals surface area contributed by atoms with Crippen LogP contribution in [0.4, 0.5) is 5.69 Å². The molecule has 0 saturated carbocycles. The maximum Gasteiger partial charge on any atom is 0.0340 e. The average molecular weight is 206 g/mol. The van der Waals surface area contributed by atoms with Crippen molar-refractivity contribution >= 4 is 5.69 Å². The minimum atomic E-state index is 0.229. The van der Waals surface area contributed by atoms with Gasteiger partial charge in [-0.15, -0.1) is 0 Å². The molecule has 0 aliphatic heterocycles. The van der Waals surface area contributed by atoms with Gasteiger partial charge in [-0.3, -0.25) is 0 Å². The van der Waals surface area contributed by atoms with E-state index in [1.165, 1.54) is 5.69 Å². The summed E-state index contributed by atoms with van der Waals surface area (Å²) >= 11 is 0. The van der Waals surface area contributed by atoms with Crippen LogP contribution in [0.3, 0.4) is 0 Å². The number of anilines is 1. The van der Waals surface area contributed by atoms with Crippen LogP contribution in [0, 0.1) is 0 Å². The number of hydrogen-bond donors (Lipinski definition) is 2. The summed E-state index contributed by atoms with van der Waals surface area (Å²) in [6, 6.07) is 10.3. The molecular formula is C13H22N2. The molecule has 0 spiro atoms. The molecule has 0 aromatic heterocycles. The summed E-state index contributed by atoms with van der Waals surface area (Å²) in [5.74, 6) is 0. The molecule has 0 heterocycles. The van der Waals surface area contributed by atoms with Crippen LogP contribution in [-0.4, -0.2) is 18.6 Å². The van der Waals surface area contributed by atoms with Crippen molar-refractivity contribution in [3.05, 3.63) is 30.3 Å². The third kappa shape index (κ3) is 6.13. The quantitative estimate of drug-likeness (QED) is 0.724. The highest BCUT2D eigenvalue weighted by Gasteiger charge is 2.06. The van der Waals surface area contributed by atoms with Gasteiger partial charge in [0.2, 0.25) is 0 Å². The number of rotatable bonds is 5. The first-order valence-corrected chi connectivity index (χ1v) is 5.62. The molecule has 2 N–H and O–H groups in total. The summed E-state index contributed by atoms with van der Waals surface area (Å²) in [5, 5.41) is 6.86. The molecule has 0 aliphatic rings. The van der Waals surface area contributed by atoms with Crippen molar-refractivity contribution in [3.8, 4) is 0 Å². The van der Waals surface area contributed by atoms with E-state index in [4.69, 9.17) is 0 Å². The maximum absolute atomic E-state index is 3.47. The summed E-state index contributed by atoms with van der Waals surface area (Å²) in [6.07, 6.45) is 1.15. The van der Waals surface area contributed by atoms with Crippen LogP contribution in [-0.2, 0) is 0 Å². The van der Waals surface area contributed by atoms with Crippen LogP contribution in [0.5, 0.6) is 0 Å². The number of para-hydroxylation sites is 1. The van der Waals surface area contributed by atoms with Crippen LogP contribution < -0.4 is 10.6 Å². The lowest BCUT2D eigenvalue weighted by molar-refractivity contribution is 0.425. The Morgan fingerprint density at radius 3 is 2.27 bits per heavy atom. The molecule has 0 aliphatic carbocycles. The fourth-order valence-corrected chi connectivity index (χ4v) is 1.34. The van der Waals surface area contributed by atoms with Crippen LogP contribution in [0.25, 0.3) is 0 Å². The first kappa shape index (κ1) is 12.1. The Morgan fingerprint density at radius 2 is 1.67 bits per heavy atom. The van der Waals surface area contributed by atoms with E-state index in [1.54, 1.807) is 0 Å². The van der Waals surface area contributed by atoms with Gasteiger partial charge >= 0.3 is 0 Å². The van der Waals surface area contributed by atoms with Gasteiger partial charge in [-0.2, -0.15) is 0 Å². The van der Waals surface area contributed by atoms with Gasteiger partial charge in [-0.25, -0.2) is 0 Å². The second-order valence-electron chi connectivity index (χ2n) is 4.82. The molecule has 2 heteroatoms. The molecule has 1 rings (SSSR count). The Hall–Kier alpha value is -1.02. The Morgan fingerprint density at radius 1 is 1.00 bits per heavy atom. The van der Waals surface area contributed by atoms with Crippen molar-refractivity contribution in [1.29, 1.82) is 0 Å². The molecule has 1 aromatic carbocycles. The number of nitrogens with one attached hydrogen (secondary N) is 2. The van der Waals surface area contributed by atoms with Gasteiger partial charge in [0.15, 0.2) is 0 Å². The second-order valence-corrected chi connectivity index (χ2v) is 4.82. The zero-order chi connectivity index (χ0) is 11.1. The summed E-state index contributed by atoms with van der Waals surface area (Å²) in [6.45, 7) is 8.66. The van der Waals surface area contributed by atoms with Crippen molar-refractivity contribution in [2.24, 2.45) is 0 Å². The molecule has 0 bridgehead atoms. The van der Waals surface area contributed by atoms with Crippen molar-refractivity contribution in [2.75, 3.05) is 18.4 Å². The minimum absolute atomic E-state index is 0.229. The van der Waals surface area contributed by atoms with E-state index in [1.807, 2.05) is 6.07 Å². The third-order valence-corrected chi connectivity index (χ3v) is 2.11. The van der Waals surface area contributed by atoms with E-state index in [2.05, 4.69) is 55.7 Å². The van der Waals surface area contributed by atoms with E-state index in [0.717, 1.165) is 19.5 Å². The average Bonchev–Trinajstić information content (AvgIpc) is 2.17. The first-order valence-electron chi connectivity index (χ1n) is 5.62. The molecule has 0 amide bonds. The number of hydrogen-bond acceptors (Lipinski definition) is 2. The summed E-state index contributed by atoms with van der Waals surface area (Å²) in [5.41, 5.74) is 1.43. The predicted molar refractivity (Wildman–Crippen MR) is 67.3 cm³/mol. The smallest absolute Gasteiger partial charge is 0.0340 e. The standard InChI is InChI=1S/C13H22N2/c1-13(2,3)15-11-7-10-14-12-8-5-4-6-9-12/h4-6,8-9,14-15H,7,10-11H2,1-3H3. The van der Waals surface area contributed by atoms with E-state index >= 15 is 0 Å². The summed E-state index contributed by atoms with van der Waals surface area (Å²) in [7, 11) is 0. The summed E-state index contributed by atoms with van der Waals surface area (Å²) < 4.78 is 0. The lowest BCUT2D eigenvalue weighted by atomic mass is 10.1. The molecule has 15 heavy (non-hydrogen) atoms. The lowest BCUT2D eigenvalue weighted by Gasteiger charge is -2.20. The van der Waals surface area contributed by atoms with Gasteiger partial charge in [0, 0.05) is 17.8 Å². The molecule has 0 radical (unpaired) electrons. The van der Waals surface area contributed by atoms with Gasteiger partial charge in [-0.1, -0.05) is 18.2 Å². The summed E-state index contributed by atoms with van der Waals surface area (Å²) in [4.78, 5) is 0. The van der Waals surface area contributed by atoms with Crippen molar-refractivity contribution in [2.45, 2.75) is 32.7 Å². The highest BCUT2D eigenvalue weighted by Crippen LogP contribution is 2.04.